The van der Waals surface area contributed by atoms with Gasteiger partial charge >= 0.3 is 6.18 Å². The molecule has 0 N–H and O–H groups in total. The summed E-state index contributed by atoms with van der Waals surface area (Å²) in [7, 11) is 0. The maximum Gasteiger partial charge on any atom is 0.406 e. The lowest BCUT2D eigenvalue weighted by Crippen LogP contribution is -2.17. The Labute approximate surface area is 158 Å². The second kappa shape index (κ2) is 6.27. The molecule has 27 heavy (non-hydrogen) atoms. The highest BCUT2D eigenvalue weighted by Gasteiger charge is 2.30. The van der Waals surface area contributed by atoms with Gasteiger partial charge in [0.25, 0.3) is 0 Å². The zero-order valence-corrected chi connectivity index (χ0v) is 15.4. The van der Waals surface area contributed by atoms with Crippen LogP contribution in [0.25, 0.3) is 32.9 Å². The molecule has 0 saturated heterocycles. The SMILES string of the molecule is CC(C)n1cc(-c2cc(Cl)cc3c4ccncc4n(CC(F)(F)F)c23)cn1. The van der Waals surface area contributed by atoms with E-state index in [1.165, 1.54) is 10.8 Å². The van der Waals surface area contributed by atoms with Gasteiger partial charge in [-0.3, -0.25) is 9.67 Å². The summed E-state index contributed by atoms with van der Waals surface area (Å²) in [6.07, 6.45) is 2.13. The number of hydrogen-bond acceptors (Lipinski definition) is 2. The molecule has 0 aliphatic rings. The molecule has 0 aliphatic carbocycles. The third-order valence-corrected chi connectivity index (χ3v) is 4.72. The molecule has 1 aromatic carbocycles. The van der Waals surface area contributed by atoms with Gasteiger partial charge in [0.15, 0.2) is 0 Å². The number of nitrogens with zero attached hydrogens (tertiary/aromatic N) is 4. The molecule has 4 nitrogen and oxygen atoms in total. The van der Waals surface area contributed by atoms with E-state index in [0.29, 0.717) is 32.4 Å². The topological polar surface area (TPSA) is 35.6 Å². The van der Waals surface area contributed by atoms with Gasteiger partial charge in [0.05, 0.1) is 23.4 Å². The standard InChI is InChI=1S/C19H16ClF3N4/c1-11(2)27-9-12(7-25-27)15-5-13(20)6-16-14-3-4-24-8-17(14)26(18(15)16)10-19(21,22)23/h3-9,11H,10H2,1-2H3. The highest BCUT2D eigenvalue weighted by molar-refractivity contribution is 6.32. The summed E-state index contributed by atoms with van der Waals surface area (Å²) in [5, 5.41) is 6.12. The van der Waals surface area contributed by atoms with Crippen LogP contribution in [0.4, 0.5) is 13.2 Å². The quantitative estimate of drug-likeness (QED) is 0.438. The molecule has 4 aromatic rings. The normalized spacial score (nSPS) is 12.6. The highest BCUT2D eigenvalue weighted by atomic mass is 35.5. The summed E-state index contributed by atoms with van der Waals surface area (Å²) in [6.45, 7) is 2.86. The molecule has 0 saturated carbocycles. The van der Waals surface area contributed by atoms with Gasteiger partial charge in [0.1, 0.15) is 6.54 Å². The fraction of sp³-hybridized carbons (Fsp3) is 0.263. The van der Waals surface area contributed by atoms with Crippen LogP contribution < -0.4 is 0 Å². The van der Waals surface area contributed by atoms with Gasteiger partial charge in [-0.05, 0) is 32.0 Å². The number of halogens is 4. The average Bonchev–Trinajstić information content (AvgIpc) is 3.18. The van der Waals surface area contributed by atoms with Crippen LogP contribution in [0.3, 0.4) is 0 Å². The van der Waals surface area contributed by atoms with Gasteiger partial charge in [0, 0.05) is 45.4 Å². The first-order valence-electron chi connectivity index (χ1n) is 8.41. The molecule has 0 spiro atoms. The molecule has 3 heterocycles. The van der Waals surface area contributed by atoms with Crippen LogP contribution in [0.1, 0.15) is 19.9 Å². The van der Waals surface area contributed by atoms with Crippen molar-refractivity contribution >= 4 is 33.4 Å². The maximum absolute atomic E-state index is 13.3. The summed E-state index contributed by atoms with van der Waals surface area (Å²) in [4.78, 5) is 4.01. The second-order valence-corrected chi connectivity index (χ2v) is 7.18. The summed E-state index contributed by atoms with van der Waals surface area (Å²) >= 11 is 6.31. The fourth-order valence-electron chi connectivity index (χ4n) is 3.37. The van der Waals surface area contributed by atoms with Crippen molar-refractivity contribution in [3.05, 3.63) is 48.0 Å². The van der Waals surface area contributed by atoms with Gasteiger partial charge in [-0.1, -0.05) is 11.6 Å². The predicted octanol–water partition coefficient (Wildman–Crippen LogP) is 5.85. The van der Waals surface area contributed by atoms with Crippen LogP contribution in [0.15, 0.2) is 43.0 Å². The van der Waals surface area contributed by atoms with E-state index in [2.05, 4.69) is 10.1 Å². The van der Waals surface area contributed by atoms with Crippen LogP contribution in [0.2, 0.25) is 5.02 Å². The van der Waals surface area contributed by atoms with Crippen molar-refractivity contribution in [1.82, 2.24) is 19.3 Å². The van der Waals surface area contributed by atoms with E-state index in [-0.39, 0.29) is 6.04 Å². The average molecular weight is 393 g/mol. The van der Waals surface area contributed by atoms with Crippen molar-refractivity contribution in [1.29, 1.82) is 0 Å². The lowest BCUT2D eigenvalue weighted by molar-refractivity contribution is -0.139. The van der Waals surface area contributed by atoms with Gasteiger partial charge < -0.3 is 4.57 Å². The number of aromatic nitrogens is 4. The van der Waals surface area contributed by atoms with E-state index in [1.807, 2.05) is 20.0 Å². The Bertz CT molecular complexity index is 1140. The lowest BCUT2D eigenvalue weighted by atomic mass is 10.0. The van der Waals surface area contributed by atoms with Crippen LogP contribution in [0.5, 0.6) is 0 Å². The van der Waals surface area contributed by atoms with Crippen molar-refractivity contribution in [2.75, 3.05) is 0 Å². The Balaban J connectivity index is 2.09. The number of alkyl halides is 3. The van der Waals surface area contributed by atoms with Crippen molar-refractivity contribution in [3.63, 3.8) is 0 Å². The second-order valence-electron chi connectivity index (χ2n) is 6.75. The molecule has 0 fully saturated rings. The summed E-state index contributed by atoms with van der Waals surface area (Å²) in [5.41, 5.74) is 2.23. The van der Waals surface area contributed by atoms with Crippen LogP contribution >= 0.6 is 11.6 Å². The smallest absolute Gasteiger partial charge is 0.329 e. The minimum Gasteiger partial charge on any atom is -0.329 e. The summed E-state index contributed by atoms with van der Waals surface area (Å²) in [5.74, 6) is 0. The van der Waals surface area contributed by atoms with Crippen molar-refractivity contribution in [3.8, 4) is 11.1 Å². The van der Waals surface area contributed by atoms with E-state index in [9.17, 15) is 13.2 Å². The molecule has 0 aliphatic heterocycles. The number of fused-ring (bicyclic) bond motifs is 3. The third-order valence-electron chi connectivity index (χ3n) is 4.50. The van der Waals surface area contributed by atoms with E-state index in [1.54, 1.807) is 35.3 Å². The minimum absolute atomic E-state index is 0.138. The lowest BCUT2D eigenvalue weighted by Gasteiger charge is -2.13. The Kier molecular flexibility index (Phi) is 4.14. The third kappa shape index (κ3) is 3.16. The van der Waals surface area contributed by atoms with Crippen LogP contribution in [0, 0.1) is 0 Å². The monoisotopic (exact) mass is 392 g/mol. The molecule has 0 amide bonds. The minimum atomic E-state index is -4.37. The molecule has 8 heteroatoms. The molecule has 4 rings (SSSR count). The van der Waals surface area contributed by atoms with Gasteiger partial charge in [0.2, 0.25) is 0 Å². The highest BCUT2D eigenvalue weighted by Crippen LogP contribution is 2.39. The number of rotatable bonds is 3. The van der Waals surface area contributed by atoms with Gasteiger partial charge in [-0.15, -0.1) is 0 Å². The molecule has 0 radical (unpaired) electrons. The van der Waals surface area contributed by atoms with E-state index in [4.69, 9.17) is 11.6 Å². The van der Waals surface area contributed by atoms with Gasteiger partial charge in [-0.2, -0.15) is 18.3 Å². The summed E-state index contributed by atoms with van der Waals surface area (Å²) < 4.78 is 43.0. The zero-order valence-electron chi connectivity index (χ0n) is 14.6. The maximum atomic E-state index is 13.3. The van der Waals surface area contributed by atoms with Crippen molar-refractivity contribution in [2.45, 2.75) is 32.6 Å². The molecule has 0 atom stereocenters. The summed E-state index contributed by atoms with van der Waals surface area (Å²) in [6, 6.07) is 5.23. The first-order chi connectivity index (χ1) is 12.7. The van der Waals surface area contributed by atoms with E-state index >= 15 is 0 Å². The van der Waals surface area contributed by atoms with Crippen molar-refractivity contribution in [2.24, 2.45) is 0 Å². The largest absolute Gasteiger partial charge is 0.406 e. The molecular weight excluding hydrogens is 377 g/mol. The Morgan fingerprint density at radius 1 is 1.15 bits per heavy atom. The Hall–Kier alpha value is -2.54. The van der Waals surface area contributed by atoms with Crippen LogP contribution in [-0.4, -0.2) is 25.5 Å². The molecule has 0 bridgehead atoms. The Morgan fingerprint density at radius 2 is 1.93 bits per heavy atom. The first-order valence-corrected chi connectivity index (χ1v) is 8.79. The predicted molar refractivity (Wildman–Crippen MR) is 99.9 cm³/mol. The first kappa shape index (κ1) is 17.9. The molecule has 3 aromatic heterocycles. The van der Waals surface area contributed by atoms with Gasteiger partial charge in [-0.25, -0.2) is 0 Å². The number of pyridine rings is 1. The number of benzene rings is 1. The molecule has 0 unspecified atom stereocenters. The molecular formula is C19H16ClF3N4. The Morgan fingerprint density at radius 3 is 2.59 bits per heavy atom. The van der Waals surface area contributed by atoms with E-state index < -0.39 is 12.7 Å². The number of hydrogen-bond donors (Lipinski definition) is 0. The van der Waals surface area contributed by atoms with Crippen molar-refractivity contribution < 1.29 is 13.2 Å². The zero-order chi connectivity index (χ0) is 19.3. The van der Waals surface area contributed by atoms with Crippen LogP contribution in [-0.2, 0) is 6.54 Å². The van der Waals surface area contributed by atoms with E-state index in [0.717, 1.165) is 5.56 Å². The molecule has 140 valence electrons. The fourth-order valence-corrected chi connectivity index (χ4v) is 3.59.